The second kappa shape index (κ2) is 10.1. The van der Waals surface area contributed by atoms with Crippen molar-refractivity contribution < 1.29 is 9.53 Å². The molecule has 0 atom stereocenters. The molecule has 2 aromatic carbocycles. The van der Waals surface area contributed by atoms with E-state index < -0.39 is 0 Å². The lowest BCUT2D eigenvalue weighted by Crippen LogP contribution is -2.28. The van der Waals surface area contributed by atoms with Gasteiger partial charge in [-0.25, -0.2) is 4.79 Å². The van der Waals surface area contributed by atoms with E-state index in [1.165, 1.54) is 0 Å². The number of aromatic nitrogens is 1. The molecule has 7 heteroatoms. The number of hydrogen-bond donors (Lipinski definition) is 2. The smallest absolute Gasteiger partial charge is 0.319 e. The van der Waals surface area contributed by atoms with Gasteiger partial charge in [0.25, 0.3) is 0 Å². The number of ether oxygens (including phenoxy) is 1. The molecule has 0 aliphatic carbocycles. The number of amides is 2. The molecule has 0 saturated heterocycles. The number of benzene rings is 2. The molecule has 0 unspecified atom stereocenters. The summed E-state index contributed by atoms with van der Waals surface area (Å²) in [6.07, 6.45) is 4.17. The highest BCUT2D eigenvalue weighted by atomic mass is 79.9. The number of carbonyl (C=O) groups is 1. The Kier molecular flexibility index (Phi) is 7.28. The van der Waals surface area contributed by atoms with Crippen molar-refractivity contribution in [1.82, 2.24) is 10.3 Å². The summed E-state index contributed by atoms with van der Waals surface area (Å²) in [4.78, 5) is 16.0. The summed E-state index contributed by atoms with van der Waals surface area (Å²) in [5.41, 5.74) is 2.76. The van der Waals surface area contributed by atoms with Crippen LogP contribution < -0.4 is 15.4 Å². The molecule has 1 heterocycles. The van der Waals surface area contributed by atoms with Crippen molar-refractivity contribution in [2.45, 2.75) is 13.0 Å². The minimum absolute atomic E-state index is 0.273. The number of urea groups is 1. The van der Waals surface area contributed by atoms with Gasteiger partial charge in [0.05, 0.1) is 6.61 Å². The zero-order valence-corrected chi connectivity index (χ0v) is 17.3. The van der Waals surface area contributed by atoms with Crippen LogP contribution in [-0.4, -0.2) is 17.6 Å². The maximum absolute atomic E-state index is 12.0. The Balaban J connectivity index is 1.43. The largest absolute Gasteiger partial charge is 0.493 e. The molecule has 1 aromatic heterocycles. The Morgan fingerprint density at radius 3 is 2.68 bits per heavy atom. The highest BCUT2D eigenvalue weighted by molar-refractivity contribution is 9.10. The fourth-order valence-corrected chi connectivity index (χ4v) is 3.38. The lowest BCUT2D eigenvalue weighted by atomic mass is 10.2. The van der Waals surface area contributed by atoms with E-state index in [9.17, 15) is 4.79 Å². The van der Waals surface area contributed by atoms with Gasteiger partial charge in [-0.2, -0.15) is 0 Å². The predicted molar refractivity (Wildman–Crippen MR) is 115 cm³/mol. The van der Waals surface area contributed by atoms with E-state index in [4.69, 9.17) is 16.3 Å². The van der Waals surface area contributed by atoms with Gasteiger partial charge < -0.3 is 15.4 Å². The number of pyridine rings is 1. The molecule has 2 amide bonds. The molecule has 144 valence electrons. The van der Waals surface area contributed by atoms with Gasteiger partial charge in [-0.1, -0.05) is 39.7 Å². The Morgan fingerprint density at radius 2 is 1.96 bits per heavy atom. The van der Waals surface area contributed by atoms with E-state index in [0.717, 1.165) is 27.8 Å². The number of hydrogen-bond acceptors (Lipinski definition) is 3. The van der Waals surface area contributed by atoms with Gasteiger partial charge in [0, 0.05) is 40.5 Å². The monoisotopic (exact) mass is 459 g/mol. The average molecular weight is 461 g/mol. The van der Waals surface area contributed by atoms with Crippen molar-refractivity contribution in [3.05, 3.63) is 87.6 Å². The van der Waals surface area contributed by atoms with E-state index in [1.807, 2.05) is 42.5 Å². The summed E-state index contributed by atoms with van der Waals surface area (Å²) in [5, 5.41) is 6.28. The standard InChI is InChI=1S/C21H19BrClN3O2/c22-20-12-17(23)4-3-16(20)9-11-28-19-7-5-18(6-8-19)26-21(27)25-14-15-2-1-10-24-13-15/h1-8,10,12-13H,9,11,14H2,(H2,25,26,27). The zero-order chi connectivity index (χ0) is 19.8. The normalized spacial score (nSPS) is 10.4. The van der Waals surface area contributed by atoms with E-state index in [0.29, 0.717) is 23.9 Å². The molecule has 0 saturated carbocycles. The van der Waals surface area contributed by atoms with Crippen LogP contribution in [0.2, 0.25) is 5.02 Å². The third-order valence-corrected chi connectivity index (χ3v) is 4.92. The van der Waals surface area contributed by atoms with Crippen LogP contribution in [0.25, 0.3) is 0 Å². The fourth-order valence-electron chi connectivity index (χ4n) is 2.50. The van der Waals surface area contributed by atoms with Gasteiger partial charge >= 0.3 is 6.03 Å². The highest BCUT2D eigenvalue weighted by Crippen LogP contribution is 2.22. The number of nitrogens with zero attached hydrogens (tertiary/aromatic N) is 1. The van der Waals surface area contributed by atoms with Crippen LogP contribution >= 0.6 is 27.5 Å². The second-order valence-electron chi connectivity index (χ2n) is 6.03. The van der Waals surface area contributed by atoms with Crippen molar-refractivity contribution >= 4 is 39.2 Å². The minimum Gasteiger partial charge on any atom is -0.493 e. The van der Waals surface area contributed by atoms with E-state index >= 15 is 0 Å². The SMILES string of the molecule is O=C(NCc1cccnc1)Nc1ccc(OCCc2ccc(Cl)cc2Br)cc1. The van der Waals surface area contributed by atoms with Crippen LogP contribution in [0.3, 0.4) is 0 Å². The molecule has 5 nitrogen and oxygen atoms in total. The average Bonchev–Trinajstić information content (AvgIpc) is 2.70. The first-order valence-corrected chi connectivity index (χ1v) is 9.88. The summed E-state index contributed by atoms with van der Waals surface area (Å²) < 4.78 is 6.74. The highest BCUT2D eigenvalue weighted by Gasteiger charge is 2.04. The van der Waals surface area contributed by atoms with E-state index in [2.05, 4.69) is 31.5 Å². The Bertz CT molecular complexity index is 921. The minimum atomic E-state index is -0.273. The molecule has 3 aromatic rings. The summed E-state index contributed by atoms with van der Waals surface area (Å²) in [7, 11) is 0. The number of halogens is 2. The van der Waals surface area contributed by atoms with Crippen LogP contribution in [0.5, 0.6) is 5.75 Å². The molecule has 28 heavy (non-hydrogen) atoms. The molecule has 0 radical (unpaired) electrons. The van der Waals surface area contributed by atoms with Gasteiger partial charge in [0.1, 0.15) is 5.75 Å². The maximum Gasteiger partial charge on any atom is 0.319 e. The molecular formula is C21H19BrClN3O2. The number of nitrogens with one attached hydrogen (secondary N) is 2. The number of anilines is 1. The molecular weight excluding hydrogens is 442 g/mol. The molecule has 0 fully saturated rings. The second-order valence-corrected chi connectivity index (χ2v) is 7.32. The topological polar surface area (TPSA) is 63.2 Å². The summed E-state index contributed by atoms with van der Waals surface area (Å²) in [6.45, 7) is 0.958. The predicted octanol–water partition coefficient (Wildman–Crippen LogP) is 5.44. The molecule has 0 bridgehead atoms. The van der Waals surface area contributed by atoms with Crippen molar-refractivity contribution in [2.75, 3.05) is 11.9 Å². The fraction of sp³-hybridized carbons (Fsp3) is 0.143. The molecule has 3 rings (SSSR count). The summed E-state index contributed by atoms with van der Waals surface area (Å²) in [6, 6.07) is 16.4. The Labute approximate surface area is 177 Å². The number of carbonyl (C=O) groups excluding carboxylic acids is 1. The Hall–Kier alpha value is -2.57. The lowest BCUT2D eigenvalue weighted by molar-refractivity contribution is 0.251. The van der Waals surface area contributed by atoms with Crippen LogP contribution in [-0.2, 0) is 13.0 Å². The first-order chi connectivity index (χ1) is 13.6. The lowest BCUT2D eigenvalue weighted by Gasteiger charge is -2.10. The van der Waals surface area contributed by atoms with Gasteiger partial charge in [0.15, 0.2) is 0 Å². The quantitative estimate of drug-likeness (QED) is 0.493. The van der Waals surface area contributed by atoms with Crippen molar-refractivity contribution in [2.24, 2.45) is 0 Å². The summed E-state index contributed by atoms with van der Waals surface area (Å²) in [5.74, 6) is 0.742. The van der Waals surface area contributed by atoms with Crippen LogP contribution in [0.15, 0.2) is 71.5 Å². The van der Waals surface area contributed by atoms with Crippen LogP contribution in [0.4, 0.5) is 10.5 Å². The van der Waals surface area contributed by atoms with Crippen molar-refractivity contribution in [1.29, 1.82) is 0 Å². The van der Waals surface area contributed by atoms with Crippen LogP contribution in [0, 0.1) is 0 Å². The Morgan fingerprint density at radius 1 is 1.14 bits per heavy atom. The third-order valence-electron chi connectivity index (χ3n) is 3.94. The summed E-state index contributed by atoms with van der Waals surface area (Å²) >= 11 is 9.45. The first-order valence-electron chi connectivity index (χ1n) is 8.71. The van der Waals surface area contributed by atoms with Gasteiger partial charge in [-0.3, -0.25) is 4.98 Å². The molecule has 2 N–H and O–H groups in total. The van der Waals surface area contributed by atoms with Gasteiger partial charge in [0.2, 0.25) is 0 Å². The maximum atomic E-state index is 12.0. The molecule has 0 spiro atoms. The molecule has 0 aliphatic rings. The van der Waals surface area contributed by atoms with Gasteiger partial charge in [-0.15, -0.1) is 0 Å². The zero-order valence-electron chi connectivity index (χ0n) is 15.0. The third kappa shape index (κ3) is 6.25. The number of rotatable bonds is 7. The first kappa shape index (κ1) is 20.2. The van der Waals surface area contributed by atoms with E-state index in [1.54, 1.807) is 24.5 Å². The van der Waals surface area contributed by atoms with E-state index in [-0.39, 0.29) is 6.03 Å². The van der Waals surface area contributed by atoms with Gasteiger partial charge in [-0.05, 0) is 53.6 Å². The van der Waals surface area contributed by atoms with Crippen LogP contribution in [0.1, 0.15) is 11.1 Å². The van der Waals surface area contributed by atoms with Crippen molar-refractivity contribution in [3.8, 4) is 5.75 Å². The molecule has 0 aliphatic heterocycles. The van der Waals surface area contributed by atoms with Crippen molar-refractivity contribution in [3.63, 3.8) is 0 Å².